The van der Waals surface area contributed by atoms with E-state index in [1.807, 2.05) is 56.1 Å². The molecule has 1 amide bonds. The van der Waals surface area contributed by atoms with Crippen molar-refractivity contribution in [3.05, 3.63) is 47.4 Å². The Bertz CT molecular complexity index is 632. The standard InChI is InChI=1S/C17H22N2O3/c1-4-15-11-12(2)16(22-15)17(21)18-13-5-7-14(8-6-13)19(3)9-10-20/h5-8,11,20H,4,9-10H2,1-3H3,(H,18,21). The molecule has 0 aliphatic rings. The first-order valence-electron chi connectivity index (χ1n) is 7.38. The van der Waals surface area contributed by atoms with Crippen molar-refractivity contribution in [2.75, 3.05) is 30.4 Å². The minimum atomic E-state index is -0.242. The van der Waals surface area contributed by atoms with E-state index in [-0.39, 0.29) is 12.5 Å². The number of nitrogens with zero attached hydrogens (tertiary/aromatic N) is 1. The van der Waals surface area contributed by atoms with Crippen LogP contribution < -0.4 is 10.2 Å². The minimum Gasteiger partial charge on any atom is -0.456 e. The highest BCUT2D eigenvalue weighted by Gasteiger charge is 2.15. The van der Waals surface area contributed by atoms with E-state index in [2.05, 4.69) is 5.32 Å². The highest BCUT2D eigenvalue weighted by molar-refractivity contribution is 6.03. The minimum absolute atomic E-state index is 0.104. The number of carbonyl (C=O) groups excluding carboxylic acids is 1. The zero-order valence-electron chi connectivity index (χ0n) is 13.2. The van der Waals surface area contributed by atoms with Crippen molar-refractivity contribution in [3.8, 4) is 0 Å². The third-order valence-corrected chi connectivity index (χ3v) is 3.52. The van der Waals surface area contributed by atoms with Gasteiger partial charge >= 0.3 is 0 Å². The van der Waals surface area contributed by atoms with Crippen LogP contribution in [0.25, 0.3) is 0 Å². The Kier molecular flexibility index (Phi) is 5.22. The molecule has 0 aliphatic heterocycles. The van der Waals surface area contributed by atoms with Crippen LogP contribution in [0.5, 0.6) is 0 Å². The van der Waals surface area contributed by atoms with Gasteiger partial charge in [0.2, 0.25) is 0 Å². The summed E-state index contributed by atoms with van der Waals surface area (Å²) in [4.78, 5) is 14.2. The number of hydrogen-bond acceptors (Lipinski definition) is 4. The van der Waals surface area contributed by atoms with Gasteiger partial charge in [0, 0.05) is 37.0 Å². The Labute approximate surface area is 130 Å². The molecule has 118 valence electrons. The largest absolute Gasteiger partial charge is 0.456 e. The molecule has 0 atom stereocenters. The van der Waals surface area contributed by atoms with Crippen LogP contribution in [0.1, 0.15) is 28.8 Å². The van der Waals surface area contributed by atoms with Crippen LogP contribution in [-0.2, 0) is 6.42 Å². The maximum Gasteiger partial charge on any atom is 0.291 e. The molecule has 0 saturated carbocycles. The molecule has 2 N–H and O–H groups in total. The maximum atomic E-state index is 12.2. The van der Waals surface area contributed by atoms with Gasteiger partial charge in [-0.05, 0) is 37.3 Å². The normalized spacial score (nSPS) is 10.5. The molecule has 0 saturated heterocycles. The second-order valence-electron chi connectivity index (χ2n) is 5.22. The Morgan fingerprint density at radius 2 is 2.00 bits per heavy atom. The molecular weight excluding hydrogens is 280 g/mol. The van der Waals surface area contributed by atoms with Crippen molar-refractivity contribution in [2.45, 2.75) is 20.3 Å². The fourth-order valence-electron chi connectivity index (χ4n) is 2.21. The molecule has 22 heavy (non-hydrogen) atoms. The van der Waals surface area contributed by atoms with Crippen molar-refractivity contribution in [2.24, 2.45) is 0 Å². The van der Waals surface area contributed by atoms with Crippen LogP contribution in [0.3, 0.4) is 0 Å². The van der Waals surface area contributed by atoms with E-state index in [1.54, 1.807) is 0 Å². The third kappa shape index (κ3) is 3.68. The van der Waals surface area contributed by atoms with Gasteiger partial charge in [-0.15, -0.1) is 0 Å². The van der Waals surface area contributed by atoms with Gasteiger partial charge in [0.05, 0.1) is 6.61 Å². The van der Waals surface area contributed by atoms with Crippen LogP contribution >= 0.6 is 0 Å². The molecule has 0 radical (unpaired) electrons. The van der Waals surface area contributed by atoms with Crippen LogP contribution in [0.4, 0.5) is 11.4 Å². The lowest BCUT2D eigenvalue weighted by Gasteiger charge is -2.18. The number of rotatable bonds is 6. The first-order valence-corrected chi connectivity index (χ1v) is 7.38. The van der Waals surface area contributed by atoms with Gasteiger partial charge in [-0.1, -0.05) is 6.92 Å². The average molecular weight is 302 g/mol. The summed E-state index contributed by atoms with van der Waals surface area (Å²) in [6, 6.07) is 9.36. The van der Waals surface area contributed by atoms with Gasteiger partial charge in [0.1, 0.15) is 5.76 Å². The molecular formula is C17H22N2O3. The number of aliphatic hydroxyl groups is 1. The number of benzene rings is 1. The van der Waals surface area contributed by atoms with Crippen molar-refractivity contribution in [3.63, 3.8) is 0 Å². The summed E-state index contributed by atoms with van der Waals surface area (Å²) < 4.78 is 5.54. The summed E-state index contributed by atoms with van der Waals surface area (Å²) in [5.74, 6) is 0.926. The average Bonchev–Trinajstić information content (AvgIpc) is 2.89. The number of carbonyl (C=O) groups is 1. The van der Waals surface area contributed by atoms with Crippen LogP contribution in [0.2, 0.25) is 0 Å². The van der Waals surface area contributed by atoms with E-state index in [0.29, 0.717) is 18.0 Å². The summed E-state index contributed by atoms with van der Waals surface area (Å²) in [6.45, 7) is 4.52. The molecule has 1 aromatic carbocycles. The molecule has 2 rings (SSSR count). The first kappa shape index (κ1) is 16.1. The molecule has 5 nitrogen and oxygen atoms in total. The highest BCUT2D eigenvalue weighted by atomic mass is 16.4. The van der Waals surface area contributed by atoms with Crippen molar-refractivity contribution in [1.82, 2.24) is 0 Å². The number of furan rings is 1. The first-order chi connectivity index (χ1) is 10.5. The van der Waals surface area contributed by atoms with E-state index in [9.17, 15) is 4.79 Å². The highest BCUT2D eigenvalue weighted by Crippen LogP contribution is 2.19. The fourth-order valence-corrected chi connectivity index (χ4v) is 2.21. The number of amides is 1. The predicted molar refractivity (Wildman–Crippen MR) is 87.6 cm³/mol. The third-order valence-electron chi connectivity index (χ3n) is 3.52. The molecule has 2 aromatic rings. The molecule has 0 aliphatic carbocycles. The molecule has 0 spiro atoms. The number of hydrogen-bond donors (Lipinski definition) is 2. The Morgan fingerprint density at radius 1 is 1.32 bits per heavy atom. The topological polar surface area (TPSA) is 65.7 Å². The number of nitrogens with one attached hydrogen (secondary N) is 1. The Balaban J connectivity index is 2.06. The van der Waals surface area contributed by atoms with E-state index in [0.717, 1.165) is 23.4 Å². The Hall–Kier alpha value is -2.27. The molecule has 1 aromatic heterocycles. The number of aliphatic hydroxyl groups excluding tert-OH is 1. The second-order valence-corrected chi connectivity index (χ2v) is 5.22. The summed E-state index contributed by atoms with van der Waals surface area (Å²) >= 11 is 0. The van der Waals surface area contributed by atoms with Crippen LogP contribution in [-0.4, -0.2) is 31.2 Å². The van der Waals surface area contributed by atoms with E-state index in [1.165, 1.54) is 0 Å². The van der Waals surface area contributed by atoms with Crippen molar-refractivity contribution in [1.29, 1.82) is 0 Å². The summed E-state index contributed by atoms with van der Waals surface area (Å²) in [7, 11) is 1.91. The Morgan fingerprint density at radius 3 is 2.55 bits per heavy atom. The number of aryl methyl sites for hydroxylation is 2. The zero-order chi connectivity index (χ0) is 16.1. The lowest BCUT2D eigenvalue weighted by molar-refractivity contribution is 0.0994. The van der Waals surface area contributed by atoms with Gasteiger partial charge in [-0.3, -0.25) is 4.79 Å². The molecule has 0 unspecified atom stereocenters. The summed E-state index contributed by atoms with van der Waals surface area (Å²) in [5, 5.41) is 11.8. The molecule has 5 heteroatoms. The number of likely N-dealkylation sites (N-methyl/N-ethyl adjacent to an activating group) is 1. The molecule has 1 heterocycles. The van der Waals surface area contributed by atoms with Crippen molar-refractivity contribution >= 4 is 17.3 Å². The zero-order valence-corrected chi connectivity index (χ0v) is 13.2. The van der Waals surface area contributed by atoms with E-state index in [4.69, 9.17) is 9.52 Å². The SMILES string of the molecule is CCc1cc(C)c(C(=O)Nc2ccc(N(C)CCO)cc2)o1. The quantitative estimate of drug-likeness (QED) is 0.861. The van der Waals surface area contributed by atoms with E-state index >= 15 is 0 Å². The van der Waals surface area contributed by atoms with Crippen LogP contribution in [0.15, 0.2) is 34.7 Å². The van der Waals surface area contributed by atoms with Crippen LogP contribution in [0, 0.1) is 6.92 Å². The predicted octanol–water partition coefficient (Wildman–Crippen LogP) is 2.83. The van der Waals surface area contributed by atoms with E-state index < -0.39 is 0 Å². The van der Waals surface area contributed by atoms with Gasteiger partial charge in [-0.25, -0.2) is 0 Å². The molecule has 0 fully saturated rings. The van der Waals surface area contributed by atoms with Gasteiger partial charge < -0.3 is 19.7 Å². The summed E-state index contributed by atoms with van der Waals surface area (Å²) in [5.41, 5.74) is 2.53. The molecule has 0 bridgehead atoms. The number of anilines is 2. The van der Waals surface area contributed by atoms with Gasteiger partial charge in [-0.2, -0.15) is 0 Å². The lowest BCUT2D eigenvalue weighted by atomic mass is 10.2. The van der Waals surface area contributed by atoms with Gasteiger partial charge in [0.25, 0.3) is 5.91 Å². The van der Waals surface area contributed by atoms with Crippen molar-refractivity contribution < 1.29 is 14.3 Å². The monoisotopic (exact) mass is 302 g/mol. The smallest absolute Gasteiger partial charge is 0.291 e. The fraction of sp³-hybridized carbons (Fsp3) is 0.353. The summed E-state index contributed by atoms with van der Waals surface area (Å²) in [6.07, 6.45) is 0.764. The maximum absolute atomic E-state index is 12.2. The second kappa shape index (κ2) is 7.13. The lowest BCUT2D eigenvalue weighted by Crippen LogP contribution is -2.21. The van der Waals surface area contributed by atoms with Gasteiger partial charge in [0.15, 0.2) is 5.76 Å².